The molecule has 1 fully saturated rings. The lowest BCUT2D eigenvalue weighted by molar-refractivity contribution is 0.565. The Morgan fingerprint density at radius 2 is 2.45 bits per heavy atom. The van der Waals surface area contributed by atoms with Crippen molar-refractivity contribution in [3.8, 4) is 0 Å². The van der Waals surface area contributed by atoms with Crippen LogP contribution in [0, 0.1) is 0 Å². The summed E-state index contributed by atoms with van der Waals surface area (Å²) in [5, 5.41) is 4.05. The van der Waals surface area contributed by atoms with E-state index in [1.54, 1.807) is 0 Å². The van der Waals surface area contributed by atoms with Crippen molar-refractivity contribution in [3.05, 3.63) is 12.7 Å². The molecule has 0 bridgehead atoms. The molecule has 1 heterocycles. The maximum atomic E-state index is 3.83. The molecule has 2 unspecified atom stereocenters. The van der Waals surface area contributed by atoms with Gasteiger partial charge in [-0.2, -0.15) is 11.8 Å². The fourth-order valence-electron chi connectivity index (χ4n) is 1.50. The SMILES string of the molecule is C=CC(NC)C1CCCCS1. The first-order valence-corrected chi connectivity index (χ1v) is 5.34. The molecule has 2 atom stereocenters. The second-order valence-electron chi connectivity index (χ2n) is 2.96. The summed E-state index contributed by atoms with van der Waals surface area (Å²) in [6, 6.07) is 0.514. The van der Waals surface area contributed by atoms with E-state index >= 15 is 0 Å². The molecular formula is C9H17NS. The molecule has 1 N–H and O–H groups in total. The second kappa shape index (κ2) is 4.83. The zero-order valence-corrected chi connectivity index (χ0v) is 7.99. The fraction of sp³-hybridized carbons (Fsp3) is 0.778. The molecule has 1 nitrogen and oxygen atoms in total. The quantitative estimate of drug-likeness (QED) is 0.652. The Morgan fingerprint density at radius 3 is 2.91 bits per heavy atom. The van der Waals surface area contributed by atoms with E-state index in [9.17, 15) is 0 Å². The van der Waals surface area contributed by atoms with Gasteiger partial charge in [0.25, 0.3) is 0 Å². The summed E-state index contributed by atoms with van der Waals surface area (Å²) in [4.78, 5) is 0. The molecule has 1 rings (SSSR count). The maximum Gasteiger partial charge on any atom is 0.0364 e. The number of likely N-dealkylation sites (N-methyl/N-ethyl adjacent to an activating group) is 1. The van der Waals surface area contributed by atoms with Crippen molar-refractivity contribution >= 4 is 11.8 Å². The molecule has 1 saturated heterocycles. The highest BCUT2D eigenvalue weighted by molar-refractivity contribution is 8.00. The average molecular weight is 171 g/mol. The first-order chi connectivity index (χ1) is 5.38. The highest BCUT2D eigenvalue weighted by Gasteiger charge is 2.19. The molecule has 0 radical (unpaired) electrons. The molecule has 0 aliphatic carbocycles. The van der Waals surface area contributed by atoms with Gasteiger partial charge in [-0.3, -0.25) is 0 Å². The number of nitrogens with one attached hydrogen (secondary N) is 1. The van der Waals surface area contributed by atoms with Crippen molar-refractivity contribution in [2.24, 2.45) is 0 Å². The van der Waals surface area contributed by atoms with Crippen LogP contribution in [0.1, 0.15) is 19.3 Å². The zero-order valence-electron chi connectivity index (χ0n) is 7.18. The summed E-state index contributed by atoms with van der Waals surface area (Å²) in [5.41, 5.74) is 0. The number of rotatable bonds is 3. The third-order valence-electron chi connectivity index (χ3n) is 2.20. The average Bonchev–Trinajstić information content (AvgIpc) is 2.09. The van der Waals surface area contributed by atoms with Gasteiger partial charge >= 0.3 is 0 Å². The molecule has 2 heteroatoms. The summed E-state index contributed by atoms with van der Waals surface area (Å²) in [5.74, 6) is 1.33. The number of hydrogen-bond donors (Lipinski definition) is 1. The van der Waals surface area contributed by atoms with Crippen molar-refractivity contribution in [3.63, 3.8) is 0 Å². The van der Waals surface area contributed by atoms with Crippen molar-refractivity contribution in [2.45, 2.75) is 30.6 Å². The van der Waals surface area contributed by atoms with Crippen molar-refractivity contribution in [2.75, 3.05) is 12.8 Å². The molecule has 0 aromatic rings. The smallest absolute Gasteiger partial charge is 0.0364 e. The Kier molecular flexibility index (Phi) is 4.02. The van der Waals surface area contributed by atoms with Gasteiger partial charge in [0.15, 0.2) is 0 Å². The summed E-state index contributed by atoms with van der Waals surface area (Å²) in [6.07, 6.45) is 6.17. The van der Waals surface area contributed by atoms with Crippen LogP contribution < -0.4 is 5.32 Å². The molecule has 1 aliphatic rings. The fourth-order valence-corrected chi connectivity index (χ4v) is 2.97. The van der Waals surface area contributed by atoms with Crippen LogP contribution in [0.3, 0.4) is 0 Å². The van der Waals surface area contributed by atoms with Crippen molar-refractivity contribution in [1.82, 2.24) is 5.32 Å². The second-order valence-corrected chi connectivity index (χ2v) is 4.30. The standard InChI is InChI=1S/C9H17NS/c1-3-8(10-2)9-6-4-5-7-11-9/h3,8-10H,1,4-7H2,2H3. The van der Waals surface area contributed by atoms with Crippen LogP contribution in [0.25, 0.3) is 0 Å². The van der Waals surface area contributed by atoms with E-state index in [-0.39, 0.29) is 0 Å². The van der Waals surface area contributed by atoms with Crippen LogP contribution >= 0.6 is 11.8 Å². The third-order valence-corrected chi connectivity index (χ3v) is 3.68. The van der Waals surface area contributed by atoms with Gasteiger partial charge in [0.1, 0.15) is 0 Å². The lowest BCUT2D eigenvalue weighted by atomic mass is 10.1. The van der Waals surface area contributed by atoms with E-state index in [0.717, 1.165) is 5.25 Å². The Bertz CT molecular complexity index is 119. The molecule has 64 valence electrons. The molecule has 0 saturated carbocycles. The van der Waals surface area contributed by atoms with E-state index in [1.165, 1.54) is 25.0 Å². The van der Waals surface area contributed by atoms with E-state index in [4.69, 9.17) is 0 Å². The highest BCUT2D eigenvalue weighted by atomic mass is 32.2. The van der Waals surface area contributed by atoms with Crippen molar-refractivity contribution < 1.29 is 0 Å². The maximum absolute atomic E-state index is 3.83. The molecule has 0 aromatic heterocycles. The minimum atomic E-state index is 0.514. The molecule has 0 spiro atoms. The molecule has 11 heavy (non-hydrogen) atoms. The van der Waals surface area contributed by atoms with Crippen LogP contribution in [0.2, 0.25) is 0 Å². The van der Waals surface area contributed by atoms with Gasteiger partial charge in [-0.1, -0.05) is 12.5 Å². The van der Waals surface area contributed by atoms with Crippen LogP contribution in [0.15, 0.2) is 12.7 Å². The van der Waals surface area contributed by atoms with Crippen LogP contribution in [0.4, 0.5) is 0 Å². The summed E-state index contributed by atoms with van der Waals surface area (Å²) < 4.78 is 0. The topological polar surface area (TPSA) is 12.0 Å². The van der Waals surface area contributed by atoms with E-state index in [0.29, 0.717) is 6.04 Å². The Balaban J connectivity index is 2.35. The van der Waals surface area contributed by atoms with E-state index in [2.05, 4.69) is 23.7 Å². The highest BCUT2D eigenvalue weighted by Crippen LogP contribution is 2.27. The molecular weight excluding hydrogens is 154 g/mol. The molecule has 0 amide bonds. The van der Waals surface area contributed by atoms with Gasteiger partial charge in [-0.15, -0.1) is 6.58 Å². The predicted molar refractivity (Wildman–Crippen MR) is 53.1 cm³/mol. The monoisotopic (exact) mass is 171 g/mol. The normalized spacial score (nSPS) is 27.9. The molecule has 0 aromatic carbocycles. The largest absolute Gasteiger partial charge is 0.313 e. The van der Waals surface area contributed by atoms with Gasteiger partial charge in [-0.25, -0.2) is 0 Å². The van der Waals surface area contributed by atoms with E-state index < -0.39 is 0 Å². The lowest BCUT2D eigenvalue weighted by Crippen LogP contribution is -2.35. The minimum Gasteiger partial charge on any atom is -0.313 e. The van der Waals surface area contributed by atoms with Gasteiger partial charge in [-0.05, 0) is 25.6 Å². The molecule has 1 aliphatic heterocycles. The van der Waals surface area contributed by atoms with E-state index in [1.807, 2.05) is 13.1 Å². The van der Waals surface area contributed by atoms with Crippen molar-refractivity contribution in [1.29, 1.82) is 0 Å². The minimum absolute atomic E-state index is 0.514. The van der Waals surface area contributed by atoms with Gasteiger partial charge in [0.2, 0.25) is 0 Å². The summed E-state index contributed by atoms with van der Waals surface area (Å²) in [6.45, 7) is 3.83. The summed E-state index contributed by atoms with van der Waals surface area (Å²) >= 11 is 2.09. The van der Waals surface area contributed by atoms with Gasteiger partial charge in [0, 0.05) is 11.3 Å². The Morgan fingerprint density at radius 1 is 1.64 bits per heavy atom. The van der Waals surface area contributed by atoms with Gasteiger partial charge < -0.3 is 5.32 Å². The predicted octanol–water partition coefficient (Wildman–Crippen LogP) is 2.05. The third kappa shape index (κ3) is 2.53. The van der Waals surface area contributed by atoms with Crippen LogP contribution in [0.5, 0.6) is 0 Å². The van der Waals surface area contributed by atoms with Crippen LogP contribution in [-0.4, -0.2) is 24.1 Å². The van der Waals surface area contributed by atoms with Crippen LogP contribution in [-0.2, 0) is 0 Å². The number of thioether (sulfide) groups is 1. The number of hydrogen-bond acceptors (Lipinski definition) is 2. The lowest BCUT2D eigenvalue weighted by Gasteiger charge is -2.27. The first-order valence-electron chi connectivity index (χ1n) is 4.30. The Hall–Kier alpha value is 0.0500. The summed E-state index contributed by atoms with van der Waals surface area (Å²) in [7, 11) is 2.02. The first kappa shape index (κ1) is 9.14. The zero-order chi connectivity index (χ0) is 8.10. The van der Waals surface area contributed by atoms with Gasteiger partial charge in [0.05, 0.1) is 0 Å². The Labute approximate surface area is 73.6 Å².